The summed E-state index contributed by atoms with van der Waals surface area (Å²) in [6.45, 7) is 3.49. The first kappa shape index (κ1) is 8.24. The lowest BCUT2D eigenvalue weighted by Gasteiger charge is -2.41. The molecule has 0 heterocycles. The predicted molar refractivity (Wildman–Crippen MR) is 39.1 cm³/mol. The van der Waals surface area contributed by atoms with E-state index in [9.17, 15) is 9.59 Å². The predicted octanol–water partition coefficient (Wildman–Crippen LogP) is 1.08. The second-order valence-electron chi connectivity index (χ2n) is 3.33. The smallest absolute Gasteiger partial charge is 0.310 e. The van der Waals surface area contributed by atoms with Crippen LogP contribution in [0.4, 0.5) is 0 Å². The zero-order valence-electron chi connectivity index (χ0n) is 6.76. The van der Waals surface area contributed by atoms with Gasteiger partial charge in [-0.1, -0.05) is 6.92 Å². The number of Topliss-reactive ketones (excluding diaryl/α,β-unsaturated/α-hetero) is 1. The van der Waals surface area contributed by atoms with E-state index in [4.69, 9.17) is 5.11 Å². The molecular formula is C8H12O3. The van der Waals surface area contributed by atoms with Crippen LogP contribution >= 0.6 is 0 Å². The van der Waals surface area contributed by atoms with Gasteiger partial charge in [-0.15, -0.1) is 0 Å². The molecule has 1 aliphatic carbocycles. The van der Waals surface area contributed by atoms with Gasteiger partial charge in [-0.25, -0.2) is 0 Å². The number of carboxylic acids is 1. The van der Waals surface area contributed by atoms with E-state index in [0.29, 0.717) is 6.42 Å². The van der Waals surface area contributed by atoms with Gasteiger partial charge in [0.1, 0.15) is 5.78 Å². The molecule has 2 atom stereocenters. The fraction of sp³-hybridized carbons (Fsp3) is 0.750. The minimum Gasteiger partial charge on any atom is -0.481 e. The van der Waals surface area contributed by atoms with Gasteiger partial charge in [0.25, 0.3) is 0 Å². The van der Waals surface area contributed by atoms with Crippen LogP contribution < -0.4 is 0 Å². The Balaban J connectivity index is 2.76. The third kappa shape index (κ3) is 0.951. The SMILES string of the molecule is CCC1C(=O)CC1(C)C(=O)O. The molecule has 0 aromatic heterocycles. The number of rotatable bonds is 2. The molecular weight excluding hydrogens is 144 g/mol. The lowest BCUT2D eigenvalue weighted by molar-refractivity contribution is -0.167. The van der Waals surface area contributed by atoms with Gasteiger partial charge in [-0.05, 0) is 13.3 Å². The summed E-state index contributed by atoms with van der Waals surface area (Å²) in [5.74, 6) is -0.999. The van der Waals surface area contributed by atoms with Crippen LogP contribution in [0.1, 0.15) is 26.7 Å². The fourth-order valence-electron chi connectivity index (χ4n) is 1.74. The Morgan fingerprint density at radius 2 is 2.36 bits per heavy atom. The summed E-state index contributed by atoms with van der Waals surface area (Å²) in [4.78, 5) is 21.6. The van der Waals surface area contributed by atoms with Crippen molar-refractivity contribution in [3.63, 3.8) is 0 Å². The molecule has 3 heteroatoms. The quantitative estimate of drug-likeness (QED) is 0.650. The van der Waals surface area contributed by atoms with E-state index in [2.05, 4.69) is 0 Å². The molecule has 2 unspecified atom stereocenters. The van der Waals surface area contributed by atoms with Crippen molar-refractivity contribution in [2.45, 2.75) is 26.7 Å². The molecule has 1 rings (SSSR count). The molecule has 0 amide bonds. The molecule has 1 N–H and O–H groups in total. The normalized spacial score (nSPS) is 36.5. The molecule has 11 heavy (non-hydrogen) atoms. The van der Waals surface area contributed by atoms with Gasteiger partial charge in [-0.3, -0.25) is 9.59 Å². The number of ketones is 1. The van der Waals surface area contributed by atoms with Crippen LogP contribution in [0.3, 0.4) is 0 Å². The zero-order valence-corrected chi connectivity index (χ0v) is 6.76. The first-order chi connectivity index (χ1) is 5.02. The monoisotopic (exact) mass is 156 g/mol. The Hall–Kier alpha value is -0.860. The highest BCUT2D eigenvalue weighted by atomic mass is 16.4. The molecule has 0 saturated heterocycles. The number of aliphatic carboxylic acids is 1. The van der Waals surface area contributed by atoms with E-state index in [1.807, 2.05) is 6.92 Å². The van der Waals surface area contributed by atoms with Crippen LogP contribution in [0, 0.1) is 11.3 Å². The lowest BCUT2D eigenvalue weighted by atomic mass is 9.59. The number of carbonyl (C=O) groups is 2. The van der Waals surface area contributed by atoms with Crippen LogP contribution in [0.2, 0.25) is 0 Å². The zero-order chi connectivity index (χ0) is 8.65. The number of carboxylic acid groups (broad SMARTS) is 1. The average Bonchev–Trinajstić information content (AvgIpc) is 1.87. The summed E-state index contributed by atoms with van der Waals surface area (Å²) < 4.78 is 0. The van der Waals surface area contributed by atoms with Gasteiger partial charge in [0.2, 0.25) is 0 Å². The van der Waals surface area contributed by atoms with Gasteiger partial charge in [-0.2, -0.15) is 0 Å². The minimum absolute atomic E-state index is 0.0948. The topological polar surface area (TPSA) is 54.4 Å². The van der Waals surface area contributed by atoms with Crippen molar-refractivity contribution < 1.29 is 14.7 Å². The third-order valence-corrected chi connectivity index (χ3v) is 2.60. The largest absolute Gasteiger partial charge is 0.481 e. The van der Waals surface area contributed by atoms with Crippen molar-refractivity contribution in [1.82, 2.24) is 0 Å². The maximum Gasteiger partial charge on any atom is 0.310 e. The molecule has 3 nitrogen and oxygen atoms in total. The summed E-state index contributed by atoms with van der Waals surface area (Å²) >= 11 is 0. The summed E-state index contributed by atoms with van der Waals surface area (Å²) in [7, 11) is 0. The Morgan fingerprint density at radius 3 is 2.55 bits per heavy atom. The average molecular weight is 156 g/mol. The Morgan fingerprint density at radius 1 is 1.82 bits per heavy atom. The second kappa shape index (κ2) is 2.32. The molecule has 0 radical (unpaired) electrons. The number of hydrogen-bond acceptors (Lipinski definition) is 2. The van der Waals surface area contributed by atoms with E-state index in [0.717, 1.165) is 0 Å². The van der Waals surface area contributed by atoms with Gasteiger partial charge < -0.3 is 5.11 Å². The molecule has 0 spiro atoms. The summed E-state index contributed by atoms with van der Waals surface area (Å²) in [5, 5.41) is 8.76. The minimum atomic E-state index is -0.844. The molecule has 62 valence electrons. The highest BCUT2D eigenvalue weighted by Crippen LogP contribution is 2.45. The highest BCUT2D eigenvalue weighted by molar-refractivity contribution is 5.98. The van der Waals surface area contributed by atoms with Crippen LogP contribution in [-0.4, -0.2) is 16.9 Å². The van der Waals surface area contributed by atoms with Crippen molar-refractivity contribution in [3.8, 4) is 0 Å². The molecule has 0 aromatic rings. The first-order valence-corrected chi connectivity index (χ1v) is 3.78. The third-order valence-electron chi connectivity index (χ3n) is 2.60. The maximum absolute atomic E-state index is 10.9. The van der Waals surface area contributed by atoms with Crippen molar-refractivity contribution in [2.75, 3.05) is 0 Å². The molecule has 1 saturated carbocycles. The molecule has 0 aromatic carbocycles. The lowest BCUT2D eigenvalue weighted by Crippen LogP contribution is -2.51. The van der Waals surface area contributed by atoms with E-state index in [1.165, 1.54) is 0 Å². The summed E-state index contributed by atoms with van der Waals surface area (Å²) in [5.41, 5.74) is -0.772. The van der Waals surface area contributed by atoms with E-state index < -0.39 is 11.4 Å². The molecule has 0 bridgehead atoms. The standard InChI is InChI=1S/C8H12O3/c1-3-5-6(9)4-8(5,2)7(10)11/h5H,3-4H2,1-2H3,(H,10,11). The second-order valence-corrected chi connectivity index (χ2v) is 3.33. The molecule has 1 aliphatic rings. The van der Waals surface area contributed by atoms with Crippen LogP contribution in [-0.2, 0) is 9.59 Å². The molecule has 1 fully saturated rings. The van der Waals surface area contributed by atoms with Crippen molar-refractivity contribution in [3.05, 3.63) is 0 Å². The number of carbonyl (C=O) groups excluding carboxylic acids is 1. The number of hydrogen-bond donors (Lipinski definition) is 1. The van der Waals surface area contributed by atoms with Crippen molar-refractivity contribution in [1.29, 1.82) is 0 Å². The Kier molecular flexibility index (Phi) is 1.74. The van der Waals surface area contributed by atoms with Gasteiger partial charge in [0.15, 0.2) is 0 Å². The van der Waals surface area contributed by atoms with Gasteiger partial charge in [0, 0.05) is 12.3 Å². The van der Waals surface area contributed by atoms with Gasteiger partial charge in [0.05, 0.1) is 5.41 Å². The van der Waals surface area contributed by atoms with Crippen LogP contribution in [0.15, 0.2) is 0 Å². The summed E-state index contributed by atoms with van der Waals surface area (Å²) in [6.07, 6.45) is 0.850. The van der Waals surface area contributed by atoms with Crippen molar-refractivity contribution >= 4 is 11.8 Å². The summed E-state index contributed by atoms with van der Waals surface area (Å²) in [6, 6.07) is 0. The molecule has 0 aliphatic heterocycles. The van der Waals surface area contributed by atoms with E-state index in [-0.39, 0.29) is 18.1 Å². The van der Waals surface area contributed by atoms with Gasteiger partial charge >= 0.3 is 5.97 Å². The fourth-order valence-corrected chi connectivity index (χ4v) is 1.74. The first-order valence-electron chi connectivity index (χ1n) is 3.78. The maximum atomic E-state index is 10.9. The van der Waals surface area contributed by atoms with Crippen LogP contribution in [0.25, 0.3) is 0 Å². The van der Waals surface area contributed by atoms with Crippen molar-refractivity contribution in [2.24, 2.45) is 11.3 Å². The highest BCUT2D eigenvalue weighted by Gasteiger charge is 2.54. The van der Waals surface area contributed by atoms with E-state index >= 15 is 0 Å². The van der Waals surface area contributed by atoms with E-state index in [1.54, 1.807) is 6.92 Å². The van der Waals surface area contributed by atoms with Crippen LogP contribution in [0.5, 0.6) is 0 Å². The Labute approximate surface area is 65.4 Å². The Bertz CT molecular complexity index is 209.